The second-order valence-corrected chi connectivity index (χ2v) is 10.3. The summed E-state index contributed by atoms with van der Waals surface area (Å²) in [6, 6.07) is 19.1. The van der Waals surface area contributed by atoms with Crippen molar-refractivity contribution in [2.45, 2.75) is 19.0 Å². The van der Waals surface area contributed by atoms with Gasteiger partial charge in [-0.15, -0.1) is 6.58 Å². The van der Waals surface area contributed by atoms with E-state index in [4.69, 9.17) is 9.97 Å². The van der Waals surface area contributed by atoms with Gasteiger partial charge in [0.05, 0.1) is 6.54 Å². The fourth-order valence-electron chi connectivity index (χ4n) is 5.92. The van der Waals surface area contributed by atoms with Crippen molar-refractivity contribution in [3.05, 3.63) is 106 Å². The van der Waals surface area contributed by atoms with Crippen LogP contribution in [0, 0.1) is 5.92 Å². The molecule has 11 nitrogen and oxygen atoms in total. The van der Waals surface area contributed by atoms with Gasteiger partial charge in [0.15, 0.2) is 11.5 Å². The molecule has 4 aromatic heterocycles. The van der Waals surface area contributed by atoms with Crippen molar-refractivity contribution in [2.24, 2.45) is 5.92 Å². The summed E-state index contributed by atoms with van der Waals surface area (Å²) in [5, 5.41) is 7.14. The lowest BCUT2D eigenvalue weighted by Crippen LogP contribution is -2.33. The topological polar surface area (TPSA) is 115 Å². The smallest absolute Gasteiger partial charge is 0.278 e. The standard InChI is InChI=1S/C30H29N9O2/c1-2-14-38-29(41)23-18-32-30(33-21-9-11-22(12-10-21)36-16-13-20-17-31-19-24(20)36)35-28(23)39(38)26-7-5-6-25(34-26)37-15-4-3-8-27(37)40/h2-12,15,18,20,24,31H,1,13-14,16-17,19H2,(H,32,33,35). The van der Waals surface area contributed by atoms with E-state index in [0.29, 0.717) is 34.7 Å². The number of pyridine rings is 2. The lowest BCUT2D eigenvalue weighted by atomic mass is 10.1. The predicted molar refractivity (Wildman–Crippen MR) is 159 cm³/mol. The number of anilines is 3. The molecule has 0 aliphatic carbocycles. The Bertz CT molecular complexity index is 1870. The number of nitrogens with zero attached hydrogens (tertiary/aromatic N) is 7. The number of benzene rings is 1. The lowest BCUT2D eigenvalue weighted by Gasteiger charge is -2.25. The van der Waals surface area contributed by atoms with Crippen LogP contribution in [-0.2, 0) is 6.54 Å². The predicted octanol–water partition coefficient (Wildman–Crippen LogP) is 2.86. The number of nitrogens with one attached hydrogen (secondary N) is 2. The Morgan fingerprint density at radius 1 is 1.00 bits per heavy atom. The maximum absolute atomic E-state index is 13.3. The number of fused-ring (bicyclic) bond motifs is 2. The van der Waals surface area contributed by atoms with E-state index in [2.05, 4.69) is 39.2 Å². The quantitative estimate of drug-likeness (QED) is 0.299. The van der Waals surface area contributed by atoms with Crippen molar-refractivity contribution in [3.8, 4) is 11.6 Å². The van der Waals surface area contributed by atoms with E-state index in [1.165, 1.54) is 33.6 Å². The molecule has 206 valence electrons. The Morgan fingerprint density at radius 2 is 1.85 bits per heavy atom. The normalized spacial score (nSPS) is 18.1. The van der Waals surface area contributed by atoms with E-state index in [0.717, 1.165) is 31.2 Å². The van der Waals surface area contributed by atoms with Crippen LogP contribution >= 0.6 is 0 Å². The lowest BCUT2D eigenvalue weighted by molar-refractivity contribution is 0.579. The van der Waals surface area contributed by atoms with Gasteiger partial charge in [0.25, 0.3) is 11.1 Å². The first-order chi connectivity index (χ1) is 20.1. The van der Waals surface area contributed by atoms with Gasteiger partial charge in [0.1, 0.15) is 11.2 Å². The van der Waals surface area contributed by atoms with Crippen LogP contribution in [0.4, 0.5) is 17.3 Å². The first kappa shape index (κ1) is 25.0. The third-order valence-electron chi connectivity index (χ3n) is 7.88. The van der Waals surface area contributed by atoms with Gasteiger partial charge in [-0.05, 0) is 54.8 Å². The van der Waals surface area contributed by atoms with Crippen LogP contribution in [0.2, 0.25) is 0 Å². The summed E-state index contributed by atoms with van der Waals surface area (Å²) in [4.78, 5) is 42.1. The molecule has 0 radical (unpaired) electrons. The van der Waals surface area contributed by atoms with Gasteiger partial charge in [0.2, 0.25) is 5.95 Å². The molecule has 0 spiro atoms. The van der Waals surface area contributed by atoms with Crippen LogP contribution in [0.1, 0.15) is 6.42 Å². The van der Waals surface area contributed by atoms with Crippen molar-refractivity contribution >= 4 is 28.4 Å². The van der Waals surface area contributed by atoms with Gasteiger partial charge in [-0.25, -0.2) is 19.3 Å². The minimum Gasteiger partial charge on any atom is -0.367 e. The highest BCUT2D eigenvalue weighted by Gasteiger charge is 2.37. The fourth-order valence-corrected chi connectivity index (χ4v) is 5.92. The Hall–Kier alpha value is -5.03. The van der Waals surface area contributed by atoms with Crippen LogP contribution in [-0.4, -0.2) is 54.6 Å². The average molecular weight is 548 g/mol. The Labute approximate surface area is 235 Å². The number of hydrogen-bond acceptors (Lipinski definition) is 8. The largest absolute Gasteiger partial charge is 0.367 e. The molecular formula is C30H29N9O2. The molecule has 41 heavy (non-hydrogen) atoms. The zero-order valence-corrected chi connectivity index (χ0v) is 22.3. The highest BCUT2D eigenvalue weighted by Crippen LogP contribution is 2.32. The first-order valence-corrected chi connectivity index (χ1v) is 13.7. The molecule has 7 rings (SSSR count). The van der Waals surface area contributed by atoms with Crippen LogP contribution in [0.3, 0.4) is 0 Å². The summed E-state index contributed by atoms with van der Waals surface area (Å²) in [6.07, 6.45) is 6.04. The number of aromatic nitrogens is 6. The second-order valence-electron chi connectivity index (χ2n) is 10.3. The number of rotatable bonds is 7. The molecule has 2 fully saturated rings. The molecule has 5 aromatic rings. The van der Waals surface area contributed by atoms with Gasteiger partial charge in [-0.2, -0.15) is 4.98 Å². The highest BCUT2D eigenvalue weighted by atomic mass is 16.1. The summed E-state index contributed by atoms with van der Waals surface area (Å²) in [5.41, 5.74) is 1.98. The van der Waals surface area contributed by atoms with Crippen LogP contribution in [0.5, 0.6) is 0 Å². The summed E-state index contributed by atoms with van der Waals surface area (Å²) in [7, 11) is 0. The maximum atomic E-state index is 13.3. The zero-order chi connectivity index (χ0) is 27.9. The molecule has 2 aliphatic rings. The van der Waals surface area contributed by atoms with Crippen LogP contribution < -0.4 is 26.7 Å². The monoisotopic (exact) mass is 547 g/mol. The molecule has 2 atom stereocenters. The molecule has 6 heterocycles. The molecule has 0 bridgehead atoms. The SMILES string of the molecule is C=CCn1c(=O)c2cnc(Nc3ccc(N4CCC5CNCC54)cc3)nc2n1-c1cccc(-n2ccccc2=O)n1. The first-order valence-electron chi connectivity index (χ1n) is 13.7. The van der Waals surface area contributed by atoms with Gasteiger partial charge < -0.3 is 15.5 Å². The molecule has 2 saturated heterocycles. The molecule has 2 N–H and O–H groups in total. The highest BCUT2D eigenvalue weighted by molar-refractivity contribution is 5.77. The van der Waals surface area contributed by atoms with E-state index in [1.807, 2.05) is 12.1 Å². The zero-order valence-electron chi connectivity index (χ0n) is 22.3. The summed E-state index contributed by atoms with van der Waals surface area (Å²) in [5.74, 6) is 1.94. The van der Waals surface area contributed by atoms with Crippen LogP contribution in [0.25, 0.3) is 22.7 Å². The molecule has 0 amide bonds. The minimum absolute atomic E-state index is 0.206. The van der Waals surface area contributed by atoms with Gasteiger partial charge >= 0.3 is 0 Å². The van der Waals surface area contributed by atoms with Gasteiger partial charge in [-0.1, -0.05) is 18.2 Å². The molecule has 2 unspecified atom stereocenters. The summed E-state index contributed by atoms with van der Waals surface area (Å²) in [6.45, 7) is 7.27. The molecule has 1 aromatic carbocycles. The number of allylic oxidation sites excluding steroid dienone is 1. The third-order valence-corrected chi connectivity index (χ3v) is 7.88. The second kappa shape index (κ2) is 10.2. The minimum atomic E-state index is -0.259. The van der Waals surface area contributed by atoms with Crippen molar-refractivity contribution in [1.29, 1.82) is 0 Å². The third kappa shape index (κ3) is 4.40. The Balaban J connectivity index is 1.24. The summed E-state index contributed by atoms with van der Waals surface area (Å²) >= 11 is 0. The van der Waals surface area contributed by atoms with E-state index in [9.17, 15) is 9.59 Å². The van der Waals surface area contributed by atoms with E-state index >= 15 is 0 Å². The number of hydrogen-bond donors (Lipinski definition) is 2. The molecule has 0 saturated carbocycles. The van der Waals surface area contributed by atoms with Crippen molar-refractivity contribution in [1.82, 2.24) is 34.2 Å². The molecule has 2 aliphatic heterocycles. The van der Waals surface area contributed by atoms with Crippen molar-refractivity contribution in [2.75, 3.05) is 29.9 Å². The van der Waals surface area contributed by atoms with Gasteiger partial charge in [0, 0.05) is 55.5 Å². The summed E-state index contributed by atoms with van der Waals surface area (Å²) < 4.78 is 4.60. The van der Waals surface area contributed by atoms with E-state index < -0.39 is 0 Å². The van der Waals surface area contributed by atoms with Gasteiger partial charge in [-0.3, -0.25) is 14.2 Å². The van der Waals surface area contributed by atoms with E-state index in [1.54, 1.807) is 47.3 Å². The Morgan fingerprint density at radius 3 is 2.68 bits per heavy atom. The molecular weight excluding hydrogens is 518 g/mol. The Kier molecular flexibility index (Phi) is 6.20. The molecule has 11 heteroatoms. The van der Waals surface area contributed by atoms with Crippen molar-refractivity contribution < 1.29 is 0 Å². The van der Waals surface area contributed by atoms with Crippen LogP contribution in [0.15, 0.2) is 95.3 Å². The fraction of sp³-hybridized carbons (Fsp3) is 0.233. The average Bonchev–Trinajstić information content (AvgIpc) is 3.69. The van der Waals surface area contributed by atoms with E-state index in [-0.39, 0.29) is 17.7 Å². The van der Waals surface area contributed by atoms with Crippen molar-refractivity contribution in [3.63, 3.8) is 0 Å². The maximum Gasteiger partial charge on any atom is 0.278 e.